The van der Waals surface area contributed by atoms with Gasteiger partial charge < -0.3 is 5.73 Å². The van der Waals surface area contributed by atoms with Crippen LogP contribution in [0.25, 0.3) is 0 Å². The molecule has 2 aromatic carbocycles. The minimum atomic E-state index is -3.59. The molecule has 0 unspecified atom stereocenters. The molecule has 0 saturated heterocycles. The van der Waals surface area contributed by atoms with E-state index in [0.29, 0.717) is 6.54 Å². The molecule has 0 aromatic heterocycles. The highest BCUT2D eigenvalue weighted by Gasteiger charge is 2.23. The summed E-state index contributed by atoms with van der Waals surface area (Å²) in [5, 5.41) is 0. The first-order valence-electron chi connectivity index (χ1n) is 6.69. The van der Waals surface area contributed by atoms with Crippen LogP contribution in [0.1, 0.15) is 16.7 Å². The summed E-state index contributed by atoms with van der Waals surface area (Å²) in [7, 11) is -2.02. The maximum atomic E-state index is 12.6. The minimum absolute atomic E-state index is 0.155. The van der Waals surface area contributed by atoms with Crippen molar-refractivity contribution in [2.75, 3.05) is 12.8 Å². The van der Waals surface area contributed by atoms with E-state index in [2.05, 4.69) is 0 Å². The Morgan fingerprint density at radius 3 is 2.14 bits per heavy atom. The Hall–Kier alpha value is -1.85. The van der Waals surface area contributed by atoms with E-state index in [-0.39, 0.29) is 10.6 Å². The molecule has 0 radical (unpaired) electrons. The largest absolute Gasteiger partial charge is 0.398 e. The van der Waals surface area contributed by atoms with Crippen molar-refractivity contribution in [3.05, 3.63) is 59.2 Å². The zero-order valence-electron chi connectivity index (χ0n) is 12.5. The molecule has 2 aromatic rings. The first kappa shape index (κ1) is 15.5. The van der Waals surface area contributed by atoms with E-state index in [1.54, 1.807) is 25.2 Å². The van der Waals surface area contributed by atoms with Gasteiger partial charge in [0.1, 0.15) is 4.90 Å². The Kier molecular flexibility index (Phi) is 4.34. The number of nitrogens with zero attached hydrogens (tertiary/aromatic N) is 1. The molecule has 0 saturated carbocycles. The second-order valence-corrected chi connectivity index (χ2v) is 7.30. The summed E-state index contributed by atoms with van der Waals surface area (Å²) in [5.74, 6) is 0. The third kappa shape index (κ3) is 3.43. The van der Waals surface area contributed by atoms with Gasteiger partial charge in [0.05, 0.1) is 5.69 Å². The number of sulfonamides is 1. The molecule has 0 heterocycles. The summed E-state index contributed by atoms with van der Waals surface area (Å²) in [6.45, 7) is 4.19. The molecule has 0 spiro atoms. The maximum absolute atomic E-state index is 12.6. The fraction of sp³-hybridized carbons (Fsp3) is 0.250. The molecule has 5 heteroatoms. The molecule has 0 aliphatic rings. The van der Waals surface area contributed by atoms with Gasteiger partial charge in [0.2, 0.25) is 10.0 Å². The highest BCUT2D eigenvalue weighted by atomic mass is 32.2. The molecule has 0 amide bonds. The monoisotopic (exact) mass is 304 g/mol. The van der Waals surface area contributed by atoms with E-state index >= 15 is 0 Å². The van der Waals surface area contributed by atoms with Gasteiger partial charge in [-0.2, -0.15) is 4.31 Å². The van der Waals surface area contributed by atoms with Crippen LogP contribution in [0.15, 0.2) is 47.4 Å². The Bertz CT molecular complexity index is 737. The van der Waals surface area contributed by atoms with Crippen molar-refractivity contribution in [2.24, 2.45) is 0 Å². The second kappa shape index (κ2) is 5.87. The van der Waals surface area contributed by atoms with Crippen molar-refractivity contribution >= 4 is 15.7 Å². The Morgan fingerprint density at radius 2 is 1.57 bits per heavy atom. The predicted molar refractivity (Wildman–Crippen MR) is 85.4 cm³/mol. The lowest BCUT2D eigenvalue weighted by molar-refractivity contribution is 0.467. The van der Waals surface area contributed by atoms with Gasteiger partial charge in [0.25, 0.3) is 0 Å². The predicted octanol–water partition coefficient (Wildman–Crippen LogP) is 2.71. The maximum Gasteiger partial charge on any atom is 0.245 e. The molecule has 112 valence electrons. The lowest BCUT2D eigenvalue weighted by atomic mass is 10.1. The fourth-order valence-corrected chi connectivity index (χ4v) is 3.36. The lowest BCUT2D eigenvalue weighted by Gasteiger charge is -2.18. The molecule has 0 bridgehead atoms. The Morgan fingerprint density at radius 1 is 1.00 bits per heavy atom. The molecule has 0 aliphatic heterocycles. The molecular weight excluding hydrogens is 284 g/mol. The number of rotatable bonds is 4. The van der Waals surface area contributed by atoms with Gasteiger partial charge in [-0.15, -0.1) is 0 Å². The number of anilines is 1. The number of hydrogen-bond donors (Lipinski definition) is 1. The summed E-state index contributed by atoms with van der Waals surface area (Å²) >= 11 is 0. The number of benzene rings is 2. The van der Waals surface area contributed by atoms with Crippen LogP contribution in [-0.2, 0) is 16.6 Å². The van der Waals surface area contributed by atoms with Crippen LogP contribution in [-0.4, -0.2) is 19.8 Å². The molecule has 2 rings (SSSR count). The zero-order valence-corrected chi connectivity index (χ0v) is 13.3. The number of nitrogen functional groups attached to an aromatic ring is 1. The Labute approximate surface area is 126 Å². The van der Waals surface area contributed by atoms with Crippen LogP contribution in [0.2, 0.25) is 0 Å². The molecule has 4 nitrogen and oxygen atoms in total. The summed E-state index contributed by atoms with van der Waals surface area (Å²) in [6.07, 6.45) is 0. The second-order valence-electron chi connectivity index (χ2n) is 5.29. The molecule has 0 aliphatic carbocycles. The summed E-state index contributed by atoms with van der Waals surface area (Å²) in [6, 6.07) is 12.8. The SMILES string of the molecule is Cc1ccc(CN(C)S(=O)(=O)c2ccc(C)cc2N)cc1. The highest BCUT2D eigenvalue weighted by molar-refractivity contribution is 7.89. The Balaban J connectivity index is 2.28. The first-order valence-corrected chi connectivity index (χ1v) is 8.13. The van der Waals surface area contributed by atoms with Gasteiger partial charge in [-0.1, -0.05) is 35.9 Å². The van der Waals surface area contributed by atoms with Gasteiger partial charge in [-0.3, -0.25) is 0 Å². The average molecular weight is 304 g/mol. The molecule has 0 fully saturated rings. The summed E-state index contributed by atoms with van der Waals surface area (Å²) in [5.41, 5.74) is 9.16. The van der Waals surface area contributed by atoms with Crippen LogP contribution < -0.4 is 5.73 Å². The van der Waals surface area contributed by atoms with E-state index in [1.807, 2.05) is 38.1 Å². The topological polar surface area (TPSA) is 63.4 Å². The average Bonchev–Trinajstić information content (AvgIpc) is 2.40. The van der Waals surface area contributed by atoms with Crippen molar-refractivity contribution in [1.29, 1.82) is 0 Å². The van der Waals surface area contributed by atoms with Gasteiger partial charge in [-0.05, 0) is 37.1 Å². The quantitative estimate of drug-likeness (QED) is 0.883. The minimum Gasteiger partial charge on any atom is -0.398 e. The van der Waals surface area contributed by atoms with E-state index in [1.165, 1.54) is 4.31 Å². The summed E-state index contributed by atoms with van der Waals surface area (Å²) < 4.78 is 26.5. The molecule has 2 N–H and O–H groups in total. The lowest BCUT2D eigenvalue weighted by Crippen LogP contribution is -2.27. The van der Waals surface area contributed by atoms with Crippen molar-refractivity contribution in [2.45, 2.75) is 25.3 Å². The van der Waals surface area contributed by atoms with Crippen LogP contribution in [0.3, 0.4) is 0 Å². The van der Waals surface area contributed by atoms with Crippen molar-refractivity contribution < 1.29 is 8.42 Å². The third-order valence-electron chi connectivity index (χ3n) is 3.38. The van der Waals surface area contributed by atoms with Crippen LogP contribution in [0.5, 0.6) is 0 Å². The molecular formula is C16H20N2O2S. The standard InChI is InChI=1S/C16H20N2O2S/c1-12-4-7-14(8-5-12)11-18(3)21(19,20)16-9-6-13(2)10-15(16)17/h4-10H,11,17H2,1-3H3. The van der Waals surface area contributed by atoms with Crippen LogP contribution >= 0.6 is 0 Å². The van der Waals surface area contributed by atoms with Crippen molar-refractivity contribution in [1.82, 2.24) is 4.31 Å². The van der Waals surface area contributed by atoms with E-state index < -0.39 is 10.0 Å². The number of nitrogens with two attached hydrogens (primary N) is 1. The highest BCUT2D eigenvalue weighted by Crippen LogP contribution is 2.23. The third-order valence-corrected chi connectivity index (χ3v) is 5.26. The molecule has 0 atom stereocenters. The zero-order chi connectivity index (χ0) is 15.6. The van der Waals surface area contributed by atoms with Crippen LogP contribution in [0.4, 0.5) is 5.69 Å². The van der Waals surface area contributed by atoms with Crippen LogP contribution in [0, 0.1) is 13.8 Å². The fourth-order valence-electron chi connectivity index (χ4n) is 2.11. The van der Waals surface area contributed by atoms with Gasteiger partial charge in [0.15, 0.2) is 0 Å². The van der Waals surface area contributed by atoms with Crippen molar-refractivity contribution in [3.63, 3.8) is 0 Å². The van der Waals surface area contributed by atoms with E-state index in [9.17, 15) is 8.42 Å². The van der Waals surface area contributed by atoms with Crippen molar-refractivity contribution in [3.8, 4) is 0 Å². The molecule has 21 heavy (non-hydrogen) atoms. The van der Waals surface area contributed by atoms with E-state index in [4.69, 9.17) is 5.73 Å². The summed E-state index contributed by atoms with van der Waals surface area (Å²) in [4.78, 5) is 0.155. The normalized spacial score (nSPS) is 11.8. The van der Waals surface area contributed by atoms with Gasteiger partial charge in [-0.25, -0.2) is 8.42 Å². The first-order chi connectivity index (χ1) is 9.80. The van der Waals surface area contributed by atoms with E-state index in [0.717, 1.165) is 16.7 Å². The van der Waals surface area contributed by atoms with Gasteiger partial charge in [0, 0.05) is 13.6 Å². The number of hydrogen-bond acceptors (Lipinski definition) is 3. The van der Waals surface area contributed by atoms with Gasteiger partial charge >= 0.3 is 0 Å². The number of aryl methyl sites for hydroxylation is 2. The smallest absolute Gasteiger partial charge is 0.245 e.